The molecular weight excluding hydrogens is 537 g/mol. The predicted molar refractivity (Wildman–Crippen MR) is 160 cm³/mol. The Labute approximate surface area is 240 Å². The molecule has 8 heteroatoms. The largest absolute Gasteiger partial charge is 0.312 e. The van der Waals surface area contributed by atoms with Gasteiger partial charge in [0, 0.05) is 28.3 Å². The summed E-state index contributed by atoms with van der Waals surface area (Å²) in [4.78, 5) is 31.5. The van der Waals surface area contributed by atoms with E-state index in [2.05, 4.69) is 70.5 Å². The monoisotopic (exact) mass is 562 g/mol. The average molecular weight is 563 g/mol. The highest BCUT2D eigenvalue weighted by atomic mass is 32.1. The fourth-order valence-corrected chi connectivity index (χ4v) is 7.69. The van der Waals surface area contributed by atoms with E-state index >= 15 is 0 Å². The van der Waals surface area contributed by atoms with Gasteiger partial charge < -0.3 is 10.6 Å². The molecular formula is C32H26N4O2S2. The molecule has 0 saturated carbocycles. The molecule has 3 aromatic carbocycles. The predicted octanol–water partition coefficient (Wildman–Crippen LogP) is 7.45. The van der Waals surface area contributed by atoms with Gasteiger partial charge in [-0.05, 0) is 72.3 Å². The van der Waals surface area contributed by atoms with Gasteiger partial charge in [-0.3, -0.25) is 9.59 Å². The lowest BCUT2D eigenvalue weighted by Crippen LogP contribution is -2.47. The van der Waals surface area contributed by atoms with E-state index in [1.165, 1.54) is 45.1 Å². The normalized spacial score (nSPS) is 20.4. The minimum Gasteiger partial charge on any atom is -0.312 e. The number of fused-ring (bicyclic) bond motifs is 1. The van der Waals surface area contributed by atoms with Crippen molar-refractivity contribution in [3.63, 3.8) is 0 Å². The van der Waals surface area contributed by atoms with Crippen LogP contribution in [0.5, 0.6) is 0 Å². The number of hydrogen-bond donors (Lipinski definition) is 2. The molecule has 5 aromatic rings. The van der Waals surface area contributed by atoms with E-state index in [1.54, 1.807) is 6.07 Å². The fraction of sp³-hybridized carbons (Fsp3) is 0.188. The number of amides is 2. The molecule has 2 heterocycles. The Morgan fingerprint density at radius 1 is 0.900 bits per heavy atom. The van der Waals surface area contributed by atoms with Crippen LogP contribution >= 0.6 is 22.9 Å². The maximum absolute atomic E-state index is 14.0. The second-order valence-electron chi connectivity index (χ2n) is 10.7. The Bertz CT molecular complexity index is 1740. The second kappa shape index (κ2) is 9.50. The summed E-state index contributed by atoms with van der Waals surface area (Å²) in [6, 6.07) is 26.3. The molecule has 2 amide bonds. The summed E-state index contributed by atoms with van der Waals surface area (Å²) in [5.74, 6) is -0.0277. The number of aryl methyl sites for hydroxylation is 1. The van der Waals surface area contributed by atoms with Crippen LogP contribution in [-0.2, 0) is 4.79 Å². The summed E-state index contributed by atoms with van der Waals surface area (Å²) >= 11 is 2.65. The quantitative estimate of drug-likeness (QED) is 0.233. The number of thiazole rings is 1. The maximum Gasteiger partial charge on any atom is 0.256 e. The van der Waals surface area contributed by atoms with Crippen LogP contribution in [0, 0.1) is 12.3 Å². The average Bonchev–Trinajstić information content (AvgIpc) is 3.61. The molecule has 0 aliphatic heterocycles. The summed E-state index contributed by atoms with van der Waals surface area (Å²) in [5, 5.41) is 9.22. The first-order chi connectivity index (χ1) is 19.4. The van der Waals surface area contributed by atoms with Gasteiger partial charge >= 0.3 is 0 Å². The van der Waals surface area contributed by atoms with Crippen molar-refractivity contribution in [1.29, 1.82) is 0 Å². The highest BCUT2D eigenvalue weighted by Crippen LogP contribution is 2.61. The number of hydrogen-bond acceptors (Lipinski definition) is 6. The lowest BCUT2D eigenvalue weighted by atomic mass is 9.52. The van der Waals surface area contributed by atoms with Gasteiger partial charge in [-0.15, -0.1) is 11.3 Å². The standard InChI is InChI=1S/C32H26N4O2S2/c1-18-14-27(40-36-18)34-29(37)20-9-7-8-19(15-20)26-17-39-31(33-26)35-30(38)32(2)16-25-21-10-3-5-12-23(21)28(32)24-13-6-4-11-22(24)25/h3-15,17,25,28H,16H2,1-2H3,(H,34,37)(H,33,35,38). The molecule has 3 aliphatic rings. The summed E-state index contributed by atoms with van der Waals surface area (Å²) < 4.78 is 4.21. The number of anilines is 2. The van der Waals surface area contributed by atoms with Crippen molar-refractivity contribution >= 4 is 44.8 Å². The molecule has 40 heavy (non-hydrogen) atoms. The van der Waals surface area contributed by atoms with Crippen molar-refractivity contribution in [2.75, 3.05) is 10.6 Å². The molecule has 2 bridgehead atoms. The van der Waals surface area contributed by atoms with Crippen molar-refractivity contribution < 1.29 is 9.59 Å². The van der Waals surface area contributed by atoms with Gasteiger partial charge in [-0.25, -0.2) is 4.98 Å². The summed E-state index contributed by atoms with van der Waals surface area (Å²) in [5.41, 5.74) is 7.50. The third-order valence-electron chi connectivity index (χ3n) is 8.16. The number of benzene rings is 3. The number of aromatic nitrogens is 2. The smallest absolute Gasteiger partial charge is 0.256 e. The van der Waals surface area contributed by atoms with Crippen molar-refractivity contribution in [3.05, 3.63) is 118 Å². The zero-order chi connectivity index (χ0) is 27.4. The first kappa shape index (κ1) is 24.9. The van der Waals surface area contributed by atoms with E-state index in [9.17, 15) is 9.59 Å². The number of nitrogens with zero attached hydrogens (tertiary/aromatic N) is 2. The molecule has 0 radical (unpaired) electrons. The lowest BCUT2D eigenvalue weighted by molar-refractivity contribution is -0.126. The van der Waals surface area contributed by atoms with Crippen LogP contribution in [0.1, 0.15) is 63.5 Å². The second-order valence-corrected chi connectivity index (χ2v) is 12.4. The molecule has 8 rings (SSSR count). The molecule has 6 nitrogen and oxygen atoms in total. The highest BCUT2D eigenvalue weighted by Gasteiger charge is 2.54. The Balaban J connectivity index is 1.13. The SMILES string of the molecule is Cc1cc(NC(=O)c2cccc(-c3csc(NC(=O)C4(C)CC5c6ccccc6C4c4ccccc45)n3)c2)sn1. The first-order valence-electron chi connectivity index (χ1n) is 13.2. The first-order valence-corrected chi connectivity index (χ1v) is 14.9. The number of nitrogens with one attached hydrogen (secondary N) is 2. The molecule has 198 valence electrons. The van der Waals surface area contributed by atoms with E-state index in [1.807, 2.05) is 36.6 Å². The van der Waals surface area contributed by atoms with Crippen molar-refractivity contribution in [1.82, 2.24) is 9.36 Å². The summed E-state index contributed by atoms with van der Waals surface area (Å²) in [6.07, 6.45) is 0.756. The minimum absolute atomic E-state index is 0.0122. The van der Waals surface area contributed by atoms with E-state index in [4.69, 9.17) is 4.98 Å². The number of carbonyl (C=O) groups excluding carboxylic acids is 2. The molecule has 3 aliphatic carbocycles. The fourth-order valence-electron chi connectivity index (χ4n) is 6.32. The van der Waals surface area contributed by atoms with Gasteiger partial charge in [-0.1, -0.05) is 60.7 Å². The molecule has 0 spiro atoms. The van der Waals surface area contributed by atoms with Gasteiger partial charge in [0.1, 0.15) is 5.00 Å². The lowest BCUT2D eigenvalue weighted by Gasteiger charge is -2.50. The maximum atomic E-state index is 14.0. The van der Waals surface area contributed by atoms with Crippen molar-refractivity contribution in [2.45, 2.75) is 32.1 Å². The van der Waals surface area contributed by atoms with Crippen LogP contribution in [0.4, 0.5) is 10.1 Å². The molecule has 2 N–H and O–H groups in total. The number of rotatable bonds is 5. The highest BCUT2D eigenvalue weighted by molar-refractivity contribution is 7.14. The van der Waals surface area contributed by atoms with Crippen molar-refractivity contribution in [3.8, 4) is 11.3 Å². The van der Waals surface area contributed by atoms with Gasteiger partial charge in [0.15, 0.2) is 5.13 Å². The molecule has 0 fully saturated rings. The van der Waals surface area contributed by atoms with Crippen LogP contribution in [0.2, 0.25) is 0 Å². The number of carbonyl (C=O) groups is 2. The van der Waals surface area contributed by atoms with Crippen LogP contribution < -0.4 is 10.6 Å². The van der Waals surface area contributed by atoms with Gasteiger partial charge in [-0.2, -0.15) is 4.37 Å². The third kappa shape index (κ3) is 4.06. The zero-order valence-electron chi connectivity index (χ0n) is 22.0. The van der Waals surface area contributed by atoms with Gasteiger partial charge in [0.2, 0.25) is 5.91 Å². The van der Waals surface area contributed by atoms with Crippen LogP contribution in [0.3, 0.4) is 0 Å². The van der Waals surface area contributed by atoms with Crippen molar-refractivity contribution in [2.24, 2.45) is 5.41 Å². The Morgan fingerprint density at radius 2 is 1.60 bits per heavy atom. The van der Waals surface area contributed by atoms with Gasteiger partial charge in [0.25, 0.3) is 5.91 Å². The van der Waals surface area contributed by atoms with E-state index in [0.29, 0.717) is 15.7 Å². The van der Waals surface area contributed by atoms with Crippen LogP contribution in [-0.4, -0.2) is 21.2 Å². The Morgan fingerprint density at radius 3 is 2.27 bits per heavy atom. The van der Waals surface area contributed by atoms with E-state index in [0.717, 1.165) is 23.4 Å². The summed E-state index contributed by atoms with van der Waals surface area (Å²) in [7, 11) is 0. The minimum atomic E-state index is -0.605. The topological polar surface area (TPSA) is 84.0 Å². The molecule has 1 unspecified atom stereocenters. The van der Waals surface area contributed by atoms with Crippen LogP contribution in [0.15, 0.2) is 84.2 Å². The van der Waals surface area contributed by atoms with Gasteiger partial charge in [0.05, 0.1) is 16.8 Å². The van der Waals surface area contributed by atoms with E-state index < -0.39 is 5.41 Å². The van der Waals surface area contributed by atoms with E-state index in [-0.39, 0.29) is 23.7 Å². The third-order valence-corrected chi connectivity index (χ3v) is 9.71. The molecule has 0 saturated heterocycles. The Kier molecular flexibility index (Phi) is 5.91. The Hall–Kier alpha value is -4.14. The zero-order valence-corrected chi connectivity index (χ0v) is 23.6. The molecule has 2 aromatic heterocycles. The van der Waals surface area contributed by atoms with Crippen LogP contribution in [0.25, 0.3) is 11.3 Å². The summed E-state index contributed by atoms with van der Waals surface area (Å²) in [6.45, 7) is 3.98. The molecule has 1 atom stereocenters.